The highest BCUT2D eigenvalue weighted by molar-refractivity contribution is 5.80. The molecule has 0 saturated carbocycles. The first-order valence-electron chi connectivity index (χ1n) is 2.48. The monoisotopic (exact) mass is 122 g/mol. The molecule has 0 amide bonds. The van der Waals surface area contributed by atoms with Crippen LogP contribution in [0.25, 0.3) is 0 Å². The van der Waals surface area contributed by atoms with Gasteiger partial charge in [0, 0.05) is 18.6 Å². The van der Waals surface area contributed by atoms with Crippen molar-refractivity contribution in [1.82, 2.24) is 4.98 Å². The third-order valence-corrected chi connectivity index (χ3v) is 0.983. The minimum absolute atomic E-state index is 0.0972. The van der Waals surface area contributed by atoms with Gasteiger partial charge in [0.2, 0.25) is 0 Å². The molecule has 0 saturated heterocycles. The number of hydrogen-bond donors (Lipinski definition) is 2. The predicted molar refractivity (Wildman–Crippen MR) is 33.8 cm³/mol. The Labute approximate surface area is 52.5 Å². The van der Waals surface area contributed by atoms with Gasteiger partial charge in [-0.05, 0) is 6.07 Å². The van der Waals surface area contributed by atoms with Gasteiger partial charge in [0.25, 0.3) is 0 Å². The maximum absolute atomic E-state index is 8.92. The number of rotatable bonds is 1. The fraction of sp³-hybridized carbons (Fsp3) is 0. The molecule has 0 spiro atoms. The van der Waals surface area contributed by atoms with Crippen molar-refractivity contribution in [1.29, 1.82) is 5.41 Å². The Morgan fingerprint density at radius 1 is 1.67 bits per heavy atom. The number of pyridine rings is 1. The lowest BCUT2D eigenvalue weighted by atomic mass is 10.3. The summed E-state index contributed by atoms with van der Waals surface area (Å²) in [6, 6.07) is 1.44. The normalized spacial score (nSPS) is 8.89. The van der Waals surface area contributed by atoms with Crippen molar-refractivity contribution in [2.45, 2.75) is 0 Å². The van der Waals surface area contributed by atoms with Crippen LogP contribution in [-0.4, -0.2) is 16.3 Å². The van der Waals surface area contributed by atoms with Gasteiger partial charge in [-0.2, -0.15) is 0 Å². The van der Waals surface area contributed by atoms with Gasteiger partial charge in [-0.3, -0.25) is 4.98 Å². The Morgan fingerprint density at radius 2 is 2.44 bits per heavy atom. The van der Waals surface area contributed by atoms with Gasteiger partial charge < -0.3 is 10.5 Å². The van der Waals surface area contributed by atoms with Crippen LogP contribution in [0.5, 0.6) is 5.75 Å². The molecule has 1 rings (SSSR count). The molecule has 0 atom stereocenters. The lowest BCUT2D eigenvalue weighted by molar-refractivity contribution is 0.473. The lowest BCUT2D eigenvalue weighted by Crippen LogP contribution is -1.80. The van der Waals surface area contributed by atoms with E-state index in [0.717, 1.165) is 6.21 Å². The molecule has 2 N–H and O–H groups in total. The second kappa shape index (κ2) is 2.26. The summed E-state index contributed by atoms with van der Waals surface area (Å²) >= 11 is 0. The topological polar surface area (TPSA) is 57.0 Å². The van der Waals surface area contributed by atoms with Crippen molar-refractivity contribution < 1.29 is 5.11 Å². The van der Waals surface area contributed by atoms with Crippen LogP contribution in [0.15, 0.2) is 18.5 Å². The number of aromatic nitrogens is 1. The first kappa shape index (κ1) is 5.75. The number of hydrogen-bond acceptors (Lipinski definition) is 3. The molecule has 0 bridgehead atoms. The molecule has 0 fully saturated rings. The van der Waals surface area contributed by atoms with E-state index in [9.17, 15) is 0 Å². The average molecular weight is 122 g/mol. The van der Waals surface area contributed by atoms with Gasteiger partial charge in [0.1, 0.15) is 5.75 Å². The zero-order valence-electron chi connectivity index (χ0n) is 4.70. The molecule has 0 aliphatic rings. The smallest absolute Gasteiger partial charge is 0.127 e. The van der Waals surface area contributed by atoms with Crippen LogP contribution in [0.2, 0.25) is 0 Å². The van der Waals surface area contributed by atoms with Gasteiger partial charge in [-0.25, -0.2) is 0 Å². The Kier molecular flexibility index (Phi) is 1.44. The molecule has 0 radical (unpaired) electrons. The molecule has 0 aromatic carbocycles. The summed E-state index contributed by atoms with van der Waals surface area (Å²) in [5.74, 6) is 0.0972. The van der Waals surface area contributed by atoms with Crippen molar-refractivity contribution in [3.63, 3.8) is 0 Å². The number of nitrogens with one attached hydrogen (secondary N) is 1. The summed E-state index contributed by atoms with van der Waals surface area (Å²) in [4.78, 5) is 3.71. The Balaban J connectivity index is 3.15. The average Bonchev–Trinajstić information content (AvgIpc) is 1.89. The van der Waals surface area contributed by atoms with Gasteiger partial charge in [-0.15, -0.1) is 0 Å². The van der Waals surface area contributed by atoms with Crippen molar-refractivity contribution in [3.8, 4) is 5.75 Å². The first-order valence-corrected chi connectivity index (χ1v) is 2.48. The number of aromatic hydroxyl groups is 1. The Morgan fingerprint density at radius 3 is 2.89 bits per heavy atom. The van der Waals surface area contributed by atoms with Gasteiger partial charge in [-0.1, -0.05) is 0 Å². The molecule has 1 heterocycles. The number of nitrogens with zero attached hydrogens (tertiary/aromatic N) is 1. The summed E-state index contributed by atoms with van der Waals surface area (Å²) in [6.45, 7) is 0. The van der Waals surface area contributed by atoms with E-state index < -0.39 is 0 Å². The highest BCUT2D eigenvalue weighted by atomic mass is 16.3. The second-order valence-electron chi connectivity index (χ2n) is 1.58. The molecule has 3 nitrogen and oxygen atoms in total. The molecular formula is C6H6N2O. The molecule has 46 valence electrons. The molecule has 0 aliphatic carbocycles. The van der Waals surface area contributed by atoms with Crippen LogP contribution in [0.4, 0.5) is 0 Å². The minimum Gasteiger partial charge on any atom is -0.507 e. The van der Waals surface area contributed by atoms with Crippen molar-refractivity contribution in [2.75, 3.05) is 0 Å². The SMILES string of the molecule is N=Cc1cnccc1O. The fourth-order valence-electron chi connectivity index (χ4n) is 0.511. The molecule has 0 aliphatic heterocycles. The molecule has 1 aromatic heterocycles. The molecule has 9 heavy (non-hydrogen) atoms. The minimum atomic E-state index is 0.0972. The summed E-state index contributed by atoms with van der Waals surface area (Å²) in [5, 5.41) is 15.7. The summed E-state index contributed by atoms with van der Waals surface area (Å²) < 4.78 is 0. The summed E-state index contributed by atoms with van der Waals surface area (Å²) in [7, 11) is 0. The van der Waals surface area contributed by atoms with Crippen molar-refractivity contribution >= 4 is 6.21 Å². The van der Waals surface area contributed by atoms with E-state index in [0.29, 0.717) is 5.56 Å². The van der Waals surface area contributed by atoms with E-state index in [4.69, 9.17) is 10.5 Å². The van der Waals surface area contributed by atoms with Crippen molar-refractivity contribution in [2.24, 2.45) is 0 Å². The third kappa shape index (κ3) is 1.05. The summed E-state index contributed by atoms with van der Waals surface area (Å²) in [5.41, 5.74) is 0.442. The van der Waals surface area contributed by atoms with Gasteiger partial charge in [0.15, 0.2) is 0 Å². The molecule has 3 heteroatoms. The van der Waals surface area contributed by atoms with Gasteiger partial charge >= 0.3 is 0 Å². The zero-order chi connectivity index (χ0) is 6.69. The Hall–Kier alpha value is -1.38. The van der Waals surface area contributed by atoms with Crippen LogP contribution >= 0.6 is 0 Å². The lowest BCUT2D eigenvalue weighted by Gasteiger charge is -1.92. The maximum atomic E-state index is 8.92. The fourth-order valence-corrected chi connectivity index (χ4v) is 0.511. The second-order valence-corrected chi connectivity index (χ2v) is 1.58. The van der Waals surface area contributed by atoms with E-state index >= 15 is 0 Å². The van der Waals surface area contributed by atoms with Crippen LogP contribution in [0.3, 0.4) is 0 Å². The van der Waals surface area contributed by atoms with Crippen LogP contribution in [-0.2, 0) is 0 Å². The van der Waals surface area contributed by atoms with E-state index in [1.54, 1.807) is 0 Å². The van der Waals surface area contributed by atoms with Crippen LogP contribution in [0, 0.1) is 5.41 Å². The molecule has 1 aromatic rings. The standard InChI is InChI=1S/C6H6N2O/c7-3-5-4-8-2-1-6(5)9/h1-4,7H,(H,8,9). The molecular weight excluding hydrogens is 116 g/mol. The zero-order valence-corrected chi connectivity index (χ0v) is 4.70. The quantitative estimate of drug-likeness (QED) is 0.541. The maximum Gasteiger partial charge on any atom is 0.127 e. The molecule has 0 unspecified atom stereocenters. The van der Waals surface area contributed by atoms with Crippen LogP contribution < -0.4 is 0 Å². The van der Waals surface area contributed by atoms with E-state index in [1.165, 1.54) is 18.5 Å². The van der Waals surface area contributed by atoms with E-state index in [2.05, 4.69) is 4.98 Å². The third-order valence-electron chi connectivity index (χ3n) is 0.983. The summed E-state index contributed by atoms with van der Waals surface area (Å²) in [6.07, 6.45) is 3.97. The highest BCUT2D eigenvalue weighted by Crippen LogP contribution is 2.09. The van der Waals surface area contributed by atoms with Crippen molar-refractivity contribution in [3.05, 3.63) is 24.0 Å². The van der Waals surface area contributed by atoms with Crippen LogP contribution in [0.1, 0.15) is 5.56 Å². The predicted octanol–water partition coefficient (Wildman–Crippen LogP) is 0.785. The Bertz CT molecular complexity index is 222. The first-order chi connectivity index (χ1) is 4.34. The van der Waals surface area contributed by atoms with E-state index in [-0.39, 0.29) is 5.75 Å². The van der Waals surface area contributed by atoms with Gasteiger partial charge in [0.05, 0.1) is 5.56 Å². The highest BCUT2D eigenvalue weighted by Gasteiger charge is 1.92. The van der Waals surface area contributed by atoms with E-state index in [1.807, 2.05) is 0 Å². The largest absolute Gasteiger partial charge is 0.507 e.